The number of esters is 2. The highest BCUT2D eigenvalue weighted by atomic mass is 16.7. The van der Waals surface area contributed by atoms with E-state index in [-0.39, 0.29) is 37.2 Å². The van der Waals surface area contributed by atoms with Gasteiger partial charge in [0, 0.05) is 43.3 Å². The number of amides is 1. The number of cyclic esters (lactones) is 1. The predicted molar refractivity (Wildman–Crippen MR) is 189 cm³/mol. The molecule has 3 fully saturated rings. The molecule has 0 aromatic carbocycles. The SMILES string of the molecule is CC[C@@H]1OC(=O)[C@H](C)[C@H](OC(=O)Cc2cccnc2)[C@H](C)[C@@H](O[C@@H]2O[C@H](C)C[C@H](N(C)C)[C@H]2O)[C@@](C)(OC)C[C@@H](C)C(=O)[C@@H](C)[C@H]2NC(=O)O[C@]12C. The second-order valence-electron chi connectivity index (χ2n) is 15.6. The van der Waals surface area contributed by atoms with Crippen molar-refractivity contribution in [3.8, 4) is 0 Å². The van der Waals surface area contributed by atoms with Gasteiger partial charge >= 0.3 is 18.0 Å². The number of nitrogens with one attached hydrogen (secondary N) is 1. The van der Waals surface area contributed by atoms with Crippen LogP contribution in [0.15, 0.2) is 24.5 Å². The number of hydrogen-bond donors (Lipinski definition) is 2. The number of Topliss-reactive ketones (excluding diaryl/α,β-unsaturated/α-hetero) is 1. The van der Waals surface area contributed by atoms with E-state index in [1.54, 1.807) is 73.0 Å². The maximum Gasteiger partial charge on any atom is 0.408 e. The van der Waals surface area contributed by atoms with Gasteiger partial charge in [0.25, 0.3) is 0 Å². The van der Waals surface area contributed by atoms with Crippen molar-refractivity contribution in [1.82, 2.24) is 15.2 Å². The molecular weight excluding hydrogens is 674 g/mol. The van der Waals surface area contributed by atoms with Crippen LogP contribution in [-0.2, 0) is 49.2 Å². The number of aromatic nitrogens is 1. The van der Waals surface area contributed by atoms with Gasteiger partial charge in [-0.3, -0.25) is 19.4 Å². The summed E-state index contributed by atoms with van der Waals surface area (Å²) < 4.78 is 37.3. The fourth-order valence-electron chi connectivity index (χ4n) is 8.40. The minimum absolute atomic E-state index is 0.110. The van der Waals surface area contributed by atoms with Gasteiger partial charge in [-0.2, -0.15) is 0 Å². The number of hydrogen-bond acceptors (Lipinski definition) is 13. The number of carbonyl (C=O) groups is 4. The number of aliphatic hydroxyl groups is 1. The van der Waals surface area contributed by atoms with Crippen LogP contribution in [0, 0.1) is 23.7 Å². The maximum atomic E-state index is 14.2. The molecule has 1 aromatic heterocycles. The molecule has 0 spiro atoms. The molecule has 0 saturated carbocycles. The Morgan fingerprint density at radius 1 is 1.12 bits per heavy atom. The van der Waals surface area contributed by atoms with Crippen LogP contribution in [0.5, 0.6) is 0 Å². The standard InChI is InChI=1S/C38H59N3O11/c1-12-27-38(8)32(40-36(46)52-38)22(4)29(43)20(2)18-37(7,47-11)33(51-35-30(44)26(41(9)10)16-21(3)48-35)23(5)31(24(6)34(45)49-27)50-28(42)17-25-14-13-15-39-19-25/h13-15,19-24,26-27,30-33,35,44H,12,16-18H2,1-11H3,(H,40,46)/t20-,21-,22-,23+,24-,26+,27+,30-,31-,32-,33-,35+,37+,38-/m1/s1. The zero-order valence-electron chi connectivity index (χ0n) is 32.5. The first-order valence-electron chi connectivity index (χ1n) is 18.4. The van der Waals surface area contributed by atoms with Crippen molar-refractivity contribution in [2.75, 3.05) is 21.2 Å². The lowest BCUT2D eigenvalue weighted by molar-refractivity contribution is -0.301. The molecule has 0 bridgehead atoms. The number of alkyl carbamates (subject to hydrolysis) is 1. The molecule has 292 valence electrons. The molecule has 14 nitrogen and oxygen atoms in total. The molecule has 1 aromatic rings. The van der Waals surface area contributed by atoms with Crippen LogP contribution in [-0.4, -0.2) is 120 Å². The van der Waals surface area contributed by atoms with E-state index in [9.17, 15) is 24.3 Å². The van der Waals surface area contributed by atoms with Crippen molar-refractivity contribution < 1.29 is 52.7 Å². The van der Waals surface area contributed by atoms with Gasteiger partial charge < -0.3 is 43.7 Å². The molecule has 3 saturated heterocycles. The maximum absolute atomic E-state index is 14.2. The number of methoxy groups -OCH3 is 1. The van der Waals surface area contributed by atoms with Gasteiger partial charge in [-0.15, -0.1) is 0 Å². The first-order valence-corrected chi connectivity index (χ1v) is 18.4. The number of ketones is 1. The number of pyridine rings is 1. The van der Waals surface area contributed by atoms with Crippen LogP contribution in [0.4, 0.5) is 4.79 Å². The predicted octanol–water partition coefficient (Wildman–Crippen LogP) is 3.46. The van der Waals surface area contributed by atoms with E-state index >= 15 is 0 Å². The van der Waals surface area contributed by atoms with Crippen molar-refractivity contribution >= 4 is 23.8 Å². The van der Waals surface area contributed by atoms with E-state index in [1.165, 1.54) is 7.11 Å². The van der Waals surface area contributed by atoms with Gasteiger partial charge in [0.1, 0.15) is 24.1 Å². The highest BCUT2D eigenvalue weighted by Crippen LogP contribution is 2.41. The highest BCUT2D eigenvalue weighted by Gasteiger charge is 2.57. The van der Waals surface area contributed by atoms with Crippen LogP contribution in [0.1, 0.15) is 80.2 Å². The first kappa shape index (κ1) is 41.6. The second-order valence-corrected chi connectivity index (χ2v) is 15.6. The van der Waals surface area contributed by atoms with Gasteiger partial charge in [0.05, 0.1) is 36.2 Å². The normalized spacial score (nSPS) is 40.6. The largest absolute Gasteiger partial charge is 0.461 e. The molecule has 52 heavy (non-hydrogen) atoms. The zero-order valence-corrected chi connectivity index (χ0v) is 32.5. The van der Waals surface area contributed by atoms with Gasteiger partial charge in [0.2, 0.25) is 0 Å². The minimum Gasteiger partial charge on any atom is -0.461 e. The Bertz CT molecular complexity index is 1410. The molecule has 4 heterocycles. The van der Waals surface area contributed by atoms with E-state index in [2.05, 4.69) is 10.3 Å². The lowest BCUT2D eigenvalue weighted by Crippen LogP contribution is -2.61. The summed E-state index contributed by atoms with van der Waals surface area (Å²) in [7, 11) is 5.25. The molecule has 0 unspecified atom stereocenters. The van der Waals surface area contributed by atoms with E-state index in [0.717, 1.165) is 0 Å². The quantitative estimate of drug-likeness (QED) is 0.294. The monoisotopic (exact) mass is 733 g/mol. The van der Waals surface area contributed by atoms with Crippen LogP contribution >= 0.6 is 0 Å². The van der Waals surface area contributed by atoms with Crippen LogP contribution in [0.3, 0.4) is 0 Å². The fourth-order valence-corrected chi connectivity index (χ4v) is 8.40. The summed E-state index contributed by atoms with van der Waals surface area (Å²) in [4.78, 5) is 60.8. The van der Waals surface area contributed by atoms with Crippen molar-refractivity contribution in [3.05, 3.63) is 30.1 Å². The van der Waals surface area contributed by atoms with Crippen LogP contribution in [0.2, 0.25) is 0 Å². The number of fused-ring (bicyclic) bond motifs is 1. The summed E-state index contributed by atoms with van der Waals surface area (Å²) in [5, 5.41) is 14.3. The fraction of sp³-hybridized carbons (Fsp3) is 0.763. The molecule has 2 N–H and O–H groups in total. The van der Waals surface area contributed by atoms with E-state index in [0.29, 0.717) is 12.0 Å². The number of aliphatic hydroxyl groups excluding tert-OH is 1. The third-order valence-electron chi connectivity index (χ3n) is 11.4. The zero-order chi connectivity index (χ0) is 38.7. The van der Waals surface area contributed by atoms with Crippen molar-refractivity contribution in [2.45, 2.75) is 141 Å². The van der Waals surface area contributed by atoms with Crippen molar-refractivity contribution in [3.63, 3.8) is 0 Å². The summed E-state index contributed by atoms with van der Waals surface area (Å²) in [6.45, 7) is 14.1. The Kier molecular flexibility index (Phi) is 13.5. The lowest BCUT2D eigenvalue weighted by Gasteiger charge is -2.48. The van der Waals surface area contributed by atoms with Crippen LogP contribution in [0.25, 0.3) is 0 Å². The van der Waals surface area contributed by atoms with Gasteiger partial charge in [-0.25, -0.2) is 4.79 Å². The Morgan fingerprint density at radius 3 is 2.40 bits per heavy atom. The average molecular weight is 734 g/mol. The lowest BCUT2D eigenvalue weighted by atomic mass is 9.73. The topological polar surface area (TPSA) is 172 Å². The number of carbonyl (C=O) groups excluding carboxylic acids is 4. The van der Waals surface area contributed by atoms with Gasteiger partial charge in [-0.1, -0.05) is 33.8 Å². The second kappa shape index (κ2) is 16.9. The smallest absolute Gasteiger partial charge is 0.408 e. The summed E-state index contributed by atoms with van der Waals surface area (Å²) in [6, 6.07) is 2.36. The molecule has 1 amide bonds. The number of rotatable bonds is 8. The molecule has 3 aliphatic rings. The van der Waals surface area contributed by atoms with Gasteiger partial charge in [-0.05, 0) is 72.7 Å². The van der Waals surface area contributed by atoms with Crippen LogP contribution < -0.4 is 5.32 Å². The van der Waals surface area contributed by atoms with E-state index in [4.69, 9.17) is 28.4 Å². The number of nitrogens with zero attached hydrogens (tertiary/aromatic N) is 2. The minimum atomic E-state index is -1.37. The van der Waals surface area contributed by atoms with E-state index < -0.39 is 89.7 Å². The molecule has 3 aliphatic heterocycles. The molecule has 0 aliphatic carbocycles. The molecule has 0 radical (unpaired) electrons. The third kappa shape index (κ3) is 8.78. The Balaban J connectivity index is 1.84. The molecule has 4 rings (SSSR count). The highest BCUT2D eigenvalue weighted by molar-refractivity contribution is 5.85. The summed E-state index contributed by atoms with van der Waals surface area (Å²) in [5.74, 6) is -4.66. The van der Waals surface area contributed by atoms with Crippen molar-refractivity contribution in [2.24, 2.45) is 23.7 Å². The van der Waals surface area contributed by atoms with Crippen molar-refractivity contribution in [1.29, 1.82) is 0 Å². The third-order valence-corrected chi connectivity index (χ3v) is 11.4. The summed E-state index contributed by atoms with van der Waals surface area (Å²) >= 11 is 0. The number of likely N-dealkylation sites (N-methyl/N-ethyl adjacent to an activating group) is 1. The Hall–Kier alpha value is -3.17. The molecule has 14 heteroatoms. The average Bonchev–Trinajstić information content (AvgIpc) is 3.42. The Labute approximate surface area is 307 Å². The Morgan fingerprint density at radius 2 is 1.81 bits per heavy atom. The molecule has 14 atom stereocenters. The first-order chi connectivity index (χ1) is 24.4. The van der Waals surface area contributed by atoms with E-state index in [1.807, 2.05) is 25.9 Å². The summed E-state index contributed by atoms with van der Waals surface area (Å²) in [6.07, 6.45) is -2.20. The molecular formula is C38H59N3O11. The summed E-state index contributed by atoms with van der Waals surface area (Å²) in [5.41, 5.74) is -2.00. The van der Waals surface area contributed by atoms with Gasteiger partial charge in [0.15, 0.2) is 11.9 Å². The number of ether oxygens (including phenoxy) is 6.